The summed E-state index contributed by atoms with van der Waals surface area (Å²) in [5.41, 5.74) is 3.18. The fourth-order valence-corrected chi connectivity index (χ4v) is 7.12. The Morgan fingerprint density at radius 2 is 1.42 bits per heavy atom. The zero-order chi connectivity index (χ0) is 20.9. The van der Waals surface area contributed by atoms with Crippen molar-refractivity contribution >= 4 is 10.9 Å². The Balaban J connectivity index is 1.40. The van der Waals surface area contributed by atoms with Crippen LogP contribution >= 0.6 is 0 Å². The van der Waals surface area contributed by atoms with Gasteiger partial charge in [0.25, 0.3) is 0 Å². The Hall–Kier alpha value is -1.28. The third kappa shape index (κ3) is 5.05. The molecule has 0 bridgehead atoms. The number of fused-ring (bicyclic) bond motifs is 1. The van der Waals surface area contributed by atoms with Gasteiger partial charge in [-0.25, -0.2) is 0 Å². The summed E-state index contributed by atoms with van der Waals surface area (Å²) in [6, 6.07) is 10.9. The topological polar surface area (TPSA) is 17.0 Å². The zero-order valence-electron chi connectivity index (χ0n) is 19.7. The molecule has 2 aromatic rings. The molecule has 1 aromatic carbocycles. The van der Waals surface area contributed by atoms with E-state index >= 15 is 0 Å². The number of hydrogen-bond acceptors (Lipinski definition) is 1. The van der Waals surface area contributed by atoms with Gasteiger partial charge in [0.2, 0.25) is 0 Å². The first-order valence-electron chi connectivity index (χ1n) is 13.7. The minimum Gasteiger partial charge on any atom is -0.344 e. The van der Waals surface area contributed by atoms with E-state index in [1.807, 2.05) is 0 Å². The number of nitrogens with zero attached hydrogens (tertiary/aromatic N) is 1. The molecule has 3 aliphatic carbocycles. The largest absolute Gasteiger partial charge is 0.344 e. The summed E-state index contributed by atoms with van der Waals surface area (Å²) in [6.07, 6.45) is 25.3. The molecule has 1 heterocycles. The standard InChI is InChI=1S/C29H44N2/c1-4-12-23(13-5-1)26(20-21-30-24-14-6-2-7-15-24)28-22-31(25-16-8-3-9-17-25)29-19-11-10-18-27(28)29/h10-11,18-19,22-26,30H,1-9,12-17,20-21H2. The van der Waals surface area contributed by atoms with Crippen LogP contribution in [0.25, 0.3) is 10.9 Å². The summed E-state index contributed by atoms with van der Waals surface area (Å²) >= 11 is 0. The number of para-hydroxylation sites is 1. The van der Waals surface area contributed by atoms with Crippen LogP contribution in [0.5, 0.6) is 0 Å². The highest BCUT2D eigenvalue weighted by Crippen LogP contribution is 2.43. The van der Waals surface area contributed by atoms with Crippen molar-refractivity contribution < 1.29 is 0 Å². The maximum Gasteiger partial charge on any atom is 0.0485 e. The fraction of sp³-hybridized carbons (Fsp3) is 0.724. The highest BCUT2D eigenvalue weighted by atomic mass is 15.0. The zero-order valence-corrected chi connectivity index (χ0v) is 19.7. The van der Waals surface area contributed by atoms with Crippen LogP contribution in [0.1, 0.15) is 120 Å². The van der Waals surface area contributed by atoms with Crippen molar-refractivity contribution in [3.05, 3.63) is 36.0 Å². The Morgan fingerprint density at radius 3 is 2.16 bits per heavy atom. The van der Waals surface area contributed by atoms with Crippen LogP contribution in [-0.4, -0.2) is 17.2 Å². The van der Waals surface area contributed by atoms with Crippen molar-refractivity contribution in [3.63, 3.8) is 0 Å². The van der Waals surface area contributed by atoms with Crippen molar-refractivity contribution in [2.45, 2.75) is 121 Å². The summed E-state index contributed by atoms with van der Waals surface area (Å²) in [5.74, 6) is 1.61. The van der Waals surface area contributed by atoms with Gasteiger partial charge in [-0.2, -0.15) is 0 Å². The Labute approximate surface area is 190 Å². The number of hydrogen-bond donors (Lipinski definition) is 1. The van der Waals surface area contributed by atoms with Gasteiger partial charge in [-0.05, 0) is 75.0 Å². The molecular weight excluding hydrogens is 376 g/mol. The normalized spacial score (nSPS) is 23.4. The van der Waals surface area contributed by atoms with Gasteiger partial charge in [-0.3, -0.25) is 0 Å². The van der Waals surface area contributed by atoms with Crippen molar-refractivity contribution in [1.29, 1.82) is 0 Å². The second kappa shape index (κ2) is 10.6. The molecule has 0 spiro atoms. The van der Waals surface area contributed by atoms with Crippen molar-refractivity contribution in [2.75, 3.05) is 6.54 Å². The van der Waals surface area contributed by atoms with E-state index in [1.54, 1.807) is 10.9 Å². The second-order valence-corrected chi connectivity index (χ2v) is 10.9. The molecule has 1 aromatic heterocycles. The summed E-state index contributed by atoms with van der Waals surface area (Å²) in [5, 5.41) is 5.53. The third-order valence-electron chi connectivity index (χ3n) is 8.85. The molecule has 2 nitrogen and oxygen atoms in total. The molecule has 5 rings (SSSR count). The molecule has 170 valence electrons. The lowest BCUT2D eigenvalue weighted by molar-refractivity contribution is 0.284. The Morgan fingerprint density at radius 1 is 0.774 bits per heavy atom. The van der Waals surface area contributed by atoms with E-state index in [2.05, 4.69) is 40.3 Å². The van der Waals surface area contributed by atoms with Crippen LogP contribution < -0.4 is 5.32 Å². The average Bonchev–Trinajstić information content (AvgIpc) is 3.23. The first-order valence-corrected chi connectivity index (χ1v) is 13.7. The van der Waals surface area contributed by atoms with Gasteiger partial charge in [-0.15, -0.1) is 0 Å². The summed E-state index contributed by atoms with van der Waals surface area (Å²) in [4.78, 5) is 0. The molecule has 0 amide bonds. The molecule has 1 N–H and O–H groups in total. The lowest BCUT2D eigenvalue weighted by atomic mass is 9.75. The Bertz CT molecular complexity index is 803. The number of aromatic nitrogens is 1. The number of benzene rings is 1. The Kier molecular flexibility index (Phi) is 7.34. The van der Waals surface area contributed by atoms with Crippen LogP contribution in [-0.2, 0) is 0 Å². The van der Waals surface area contributed by atoms with Gasteiger partial charge in [0.05, 0.1) is 0 Å². The minimum absolute atomic E-state index is 0.722. The second-order valence-electron chi connectivity index (χ2n) is 10.9. The van der Waals surface area contributed by atoms with Crippen LogP contribution in [0, 0.1) is 5.92 Å². The van der Waals surface area contributed by atoms with E-state index in [0.29, 0.717) is 0 Å². The summed E-state index contributed by atoms with van der Waals surface area (Å²) in [7, 11) is 0. The van der Waals surface area contributed by atoms with Crippen LogP contribution in [0.2, 0.25) is 0 Å². The van der Waals surface area contributed by atoms with Crippen LogP contribution in [0.3, 0.4) is 0 Å². The molecule has 0 aliphatic heterocycles. The monoisotopic (exact) mass is 420 g/mol. The molecule has 0 saturated heterocycles. The molecule has 1 atom stereocenters. The summed E-state index contributed by atoms with van der Waals surface area (Å²) < 4.78 is 2.70. The molecule has 3 saturated carbocycles. The molecule has 0 radical (unpaired) electrons. The number of rotatable bonds is 7. The number of nitrogens with one attached hydrogen (secondary N) is 1. The molecule has 1 unspecified atom stereocenters. The van der Waals surface area contributed by atoms with E-state index < -0.39 is 0 Å². The maximum absolute atomic E-state index is 3.97. The van der Waals surface area contributed by atoms with Gasteiger partial charge in [0.1, 0.15) is 0 Å². The van der Waals surface area contributed by atoms with Gasteiger partial charge >= 0.3 is 0 Å². The molecule has 3 fully saturated rings. The fourth-order valence-electron chi connectivity index (χ4n) is 7.12. The quantitative estimate of drug-likeness (QED) is 0.478. The average molecular weight is 421 g/mol. The van der Waals surface area contributed by atoms with E-state index in [4.69, 9.17) is 0 Å². The first kappa shape index (κ1) is 21.6. The maximum atomic E-state index is 3.97. The lowest BCUT2D eigenvalue weighted by Crippen LogP contribution is -2.33. The third-order valence-corrected chi connectivity index (χ3v) is 8.85. The van der Waals surface area contributed by atoms with Gasteiger partial charge in [0, 0.05) is 29.2 Å². The molecular formula is C29H44N2. The van der Waals surface area contributed by atoms with Crippen molar-refractivity contribution in [2.24, 2.45) is 5.92 Å². The van der Waals surface area contributed by atoms with Crippen LogP contribution in [0.15, 0.2) is 30.5 Å². The SMILES string of the molecule is c1ccc2c(c1)c(C(CCNC1CCCCC1)C1CCCCC1)cn2C1CCCCC1. The highest BCUT2D eigenvalue weighted by molar-refractivity contribution is 5.84. The minimum atomic E-state index is 0.722. The van der Waals surface area contributed by atoms with E-state index in [0.717, 1.165) is 23.9 Å². The predicted octanol–water partition coefficient (Wildman–Crippen LogP) is 8.12. The van der Waals surface area contributed by atoms with Gasteiger partial charge in [0.15, 0.2) is 0 Å². The molecule has 3 aliphatic rings. The van der Waals surface area contributed by atoms with E-state index in [9.17, 15) is 0 Å². The van der Waals surface area contributed by atoms with Gasteiger partial charge in [-0.1, -0.05) is 76.0 Å². The van der Waals surface area contributed by atoms with Crippen LogP contribution in [0.4, 0.5) is 0 Å². The summed E-state index contributed by atoms with van der Waals surface area (Å²) in [6.45, 7) is 1.20. The van der Waals surface area contributed by atoms with Crippen molar-refractivity contribution in [3.8, 4) is 0 Å². The van der Waals surface area contributed by atoms with Crippen molar-refractivity contribution in [1.82, 2.24) is 9.88 Å². The highest BCUT2D eigenvalue weighted by Gasteiger charge is 2.29. The van der Waals surface area contributed by atoms with Gasteiger partial charge < -0.3 is 9.88 Å². The molecule has 31 heavy (non-hydrogen) atoms. The molecule has 2 heteroatoms. The lowest BCUT2D eigenvalue weighted by Gasteiger charge is -2.31. The smallest absolute Gasteiger partial charge is 0.0485 e. The van der Waals surface area contributed by atoms with E-state index in [-0.39, 0.29) is 0 Å². The predicted molar refractivity (Wildman–Crippen MR) is 133 cm³/mol. The van der Waals surface area contributed by atoms with E-state index in [1.165, 1.54) is 115 Å². The first-order chi connectivity index (χ1) is 15.4.